The largest absolute Gasteiger partial charge is 0.454 e. The van der Waals surface area contributed by atoms with Gasteiger partial charge in [0.15, 0.2) is 11.5 Å². The normalized spacial score (nSPS) is 12.2. The third-order valence-electron chi connectivity index (χ3n) is 3.73. The minimum absolute atomic E-state index is 0.135. The van der Waals surface area contributed by atoms with Gasteiger partial charge in [-0.05, 0) is 36.6 Å². The summed E-state index contributed by atoms with van der Waals surface area (Å²) in [6, 6.07) is 13.1. The van der Waals surface area contributed by atoms with Gasteiger partial charge in [-0.3, -0.25) is 4.79 Å². The van der Waals surface area contributed by atoms with Crippen LogP contribution >= 0.6 is 23.5 Å². The number of hydrogen-bond donors (Lipinski definition) is 1. The van der Waals surface area contributed by atoms with Crippen molar-refractivity contribution in [1.29, 1.82) is 0 Å². The number of aromatic nitrogens is 2. The topological polar surface area (TPSA) is 86.5 Å². The number of benzene rings is 2. The molecule has 7 nitrogen and oxygen atoms in total. The van der Waals surface area contributed by atoms with Gasteiger partial charge in [-0.15, -0.1) is 22.0 Å². The molecular weight excluding hydrogens is 386 g/mol. The molecule has 27 heavy (non-hydrogen) atoms. The molecule has 0 fully saturated rings. The minimum atomic E-state index is -0.135. The molecule has 1 aliphatic heterocycles. The number of thioether (sulfide) groups is 2. The number of para-hydroxylation sites is 1. The van der Waals surface area contributed by atoms with Crippen LogP contribution in [0.2, 0.25) is 0 Å². The van der Waals surface area contributed by atoms with Crippen LogP contribution in [0.1, 0.15) is 0 Å². The Morgan fingerprint density at radius 2 is 2.00 bits per heavy atom. The average Bonchev–Trinajstić information content (AvgIpc) is 3.35. The monoisotopic (exact) mass is 401 g/mol. The Hall–Kier alpha value is -2.65. The molecule has 0 saturated heterocycles. The predicted octanol–water partition coefficient (Wildman–Crippen LogP) is 3.92. The summed E-state index contributed by atoms with van der Waals surface area (Å²) in [6.07, 6.45) is 1.97. The smallest absolute Gasteiger partial charge is 0.277 e. The molecular formula is C18H15N3O4S2. The van der Waals surface area contributed by atoms with Crippen LogP contribution in [0.25, 0.3) is 11.5 Å². The lowest BCUT2D eigenvalue weighted by atomic mass is 10.2. The lowest BCUT2D eigenvalue weighted by Gasteiger charge is -2.08. The Morgan fingerprint density at radius 1 is 1.15 bits per heavy atom. The summed E-state index contributed by atoms with van der Waals surface area (Å²) in [6.45, 7) is 0.207. The van der Waals surface area contributed by atoms with E-state index in [0.717, 1.165) is 16.1 Å². The molecule has 0 unspecified atom stereocenters. The van der Waals surface area contributed by atoms with Gasteiger partial charge in [0, 0.05) is 10.5 Å². The van der Waals surface area contributed by atoms with Crippen LogP contribution in [0.4, 0.5) is 5.69 Å². The number of ether oxygens (including phenoxy) is 2. The van der Waals surface area contributed by atoms with Gasteiger partial charge in [0.05, 0.1) is 11.4 Å². The Bertz CT molecular complexity index is 977. The molecule has 0 atom stereocenters. The maximum absolute atomic E-state index is 12.2. The number of carbonyl (C=O) groups is 1. The third kappa shape index (κ3) is 4.04. The fourth-order valence-corrected chi connectivity index (χ4v) is 3.59. The number of hydrogen-bond acceptors (Lipinski definition) is 8. The molecule has 0 spiro atoms. The molecule has 0 saturated carbocycles. The Kier molecular flexibility index (Phi) is 5.21. The van der Waals surface area contributed by atoms with E-state index in [1.807, 2.05) is 36.6 Å². The SMILES string of the molecule is CSc1ccccc1NC(=O)CSc1nnc(-c2ccc3c(c2)OCO3)o1. The highest BCUT2D eigenvalue weighted by molar-refractivity contribution is 7.99. The van der Waals surface area contributed by atoms with E-state index in [4.69, 9.17) is 13.9 Å². The summed E-state index contributed by atoms with van der Waals surface area (Å²) < 4.78 is 16.3. The van der Waals surface area contributed by atoms with Crippen molar-refractivity contribution in [2.75, 3.05) is 24.1 Å². The highest BCUT2D eigenvalue weighted by Gasteiger charge is 2.17. The van der Waals surface area contributed by atoms with E-state index in [0.29, 0.717) is 22.6 Å². The van der Waals surface area contributed by atoms with Crippen molar-refractivity contribution in [3.8, 4) is 23.0 Å². The van der Waals surface area contributed by atoms with Gasteiger partial charge in [-0.2, -0.15) is 0 Å². The molecule has 9 heteroatoms. The van der Waals surface area contributed by atoms with Crippen molar-refractivity contribution < 1.29 is 18.7 Å². The van der Waals surface area contributed by atoms with Crippen molar-refractivity contribution in [3.63, 3.8) is 0 Å². The number of fused-ring (bicyclic) bond motifs is 1. The van der Waals surface area contributed by atoms with Crippen LogP contribution in [0.5, 0.6) is 11.5 Å². The van der Waals surface area contributed by atoms with Crippen molar-refractivity contribution in [1.82, 2.24) is 10.2 Å². The average molecular weight is 401 g/mol. The molecule has 2 heterocycles. The predicted molar refractivity (Wildman–Crippen MR) is 103 cm³/mol. The molecule has 1 aromatic heterocycles. The van der Waals surface area contributed by atoms with Gasteiger partial charge in [0.1, 0.15) is 0 Å². The van der Waals surface area contributed by atoms with Crippen LogP contribution in [0, 0.1) is 0 Å². The highest BCUT2D eigenvalue weighted by Crippen LogP contribution is 2.36. The first kappa shape index (κ1) is 17.7. The first-order valence-corrected chi connectivity index (χ1v) is 10.2. The van der Waals surface area contributed by atoms with Crippen LogP contribution in [0.3, 0.4) is 0 Å². The molecule has 0 aliphatic carbocycles. The summed E-state index contributed by atoms with van der Waals surface area (Å²) in [7, 11) is 0. The van der Waals surface area contributed by atoms with E-state index < -0.39 is 0 Å². The van der Waals surface area contributed by atoms with E-state index in [1.165, 1.54) is 11.8 Å². The highest BCUT2D eigenvalue weighted by atomic mass is 32.2. The van der Waals surface area contributed by atoms with E-state index >= 15 is 0 Å². The molecule has 138 valence electrons. The van der Waals surface area contributed by atoms with Crippen LogP contribution < -0.4 is 14.8 Å². The lowest BCUT2D eigenvalue weighted by molar-refractivity contribution is -0.113. The summed E-state index contributed by atoms with van der Waals surface area (Å²) in [5, 5.41) is 11.2. The Labute approximate surface area is 163 Å². The van der Waals surface area contributed by atoms with Gasteiger partial charge >= 0.3 is 0 Å². The summed E-state index contributed by atoms with van der Waals surface area (Å²) in [5.74, 6) is 1.74. The molecule has 1 N–H and O–H groups in total. The zero-order valence-electron chi connectivity index (χ0n) is 14.3. The van der Waals surface area contributed by atoms with Gasteiger partial charge < -0.3 is 19.2 Å². The Morgan fingerprint density at radius 3 is 2.89 bits per heavy atom. The maximum Gasteiger partial charge on any atom is 0.277 e. The van der Waals surface area contributed by atoms with Crippen molar-refractivity contribution in [2.45, 2.75) is 10.1 Å². The molecule has 1 amide bonds. The first-order valence-electron chi connectivity index (χ1n) is 8.02. The second-order valence-corrected chi connectivity index (χ2v) is 7.25. The molecule has 4 rings (SSSR count). The number of anilines is 1. The summed E-state index contributed by atoms with van der Waals surface area (Å²) in [4.78, 5) is 13.2. The third-order valence-corrected chi connectivity index (χ3v) is 5.35. The van der Waals surface area contributed by atoms with Gasteiger partial charge in [0.25, 0.3) is 5.22 Å². The molecule has 1 aliphatic rings. The number of amides is 1. The van der Waals surface area contributed by atoms with Crippen molar-refractivity contribution in [2.24, 2.45) is 0 Å². The fraction of sp³-hybridized carbons (Fsp3) is 0.167. The fourth-order valence-electron chi connectivity index (χ4n) is 2.48. The number of carbonyl (C=O) groups excluding carboxylic acids is 1. The zero-order chi connectivity index (χ0) is 18.6. The second kappa shape index (κ2) is 7.93. The quantitative estimate of drug-likeness (QED) is 0.622. The number of rotatable bonds is 6. The van der Waals surface area contributed by atoms with E-state index in [9.17, 15) is 4.79 Å². The standard InChI is InChI=1S/C18H15N3O4S2/c1-26-15-5-3-2-4-12(15)19-16(22)9-27-18-21-20-17(25-18)11-6-7-13-14(8-11)24-10-23-13/h2-8H,9-10H2,1H3,(H,19,22). The maximum atomic E-state index is 12.2. The van der Waals surface area contributed by atoms with Crippen molar-refractivity contribution in [3.05, 3.63) is 42.5 Å². The molecule has 0 bridgehead atoms. The molecule has 0 radical (unpaired) electrons. The van der Waals surface area contributed by atoms with Crippen LogP contribution in [0.15, 0.2) is 57.0 Å². The molecule has 2 aromatic carbocycles. The Balaban J connectivity index is 1.37. The van der Waals surface area contributed by atoms with Crippen LogP contribution in [-0.4, -0.2) is 34.9 Å². The minimum Gasteiger partial charge on any atom is -0.454 e. The number of nitrogens with one attached hydrogen (secondary N) is 1. The van der Waals surface area contributed by atoms with Crippen LogP contribution in [-0.2, 0) is 4.79 Å². The first-order chi connectivity index (χ1) is 13.2. The van der Waals surface area contributed by atoms with E-state index in [2.05, 4.69) is 15.5 Å². The summed E-state index contributed by atoms with van der Waals surface area (Å²) >= 11 is 2.77. The van der Waals surface area contributed by atoms with E-state index in [1.54, 1.807) is 23.9 Å². The van der Waals surface area contributed by atoms with Crippen molar-refractivity contribution >= 4 is 35.1 Å². The number of nitrogens with zero attached hydrogens (tertiary/aromatic N) is 2. The van der Waals surface area contributed by atoms with E-state index in [-0.39, 0.29) is 18.5 Å². The summed E-state index contributed by atoms with van der Waals surface area (Å²) in [5.41, 5.74) is 1.53. The second-order valence-electron chi connectivity index (χ2n) is 5.48. The molecule has 3 aromatic rings. The lowest BCUT2D eigenvalue weighted by Crippen LogP contribution is -2.14. The van der Waals surface area contributed by atoms with Gasteiger partial charge in [0.2, 0.25) is 18.6 Å². The zero-order valence-corrected chi connectivity index (χ0v) is 15.9. The van der Waals surface area contributed by atoms with Gasteiger partial charge in [-0.25, -0.2) is 0 Å². The van der Waals surface area contributed by atoms with Gasteiger partial charge in [-0.1, -0.05) is 23.9 Å².